The monoisotopic (exact) mass is 310 g/mol. The molecular formula is C19H22N2O2. The smallest absolute Gasteiger partial charge is 0.256 e. The minimum atomic E-state index is -0.341. The summed E-state index contributed by atoms with van der Waals surface area (Å²) in [6.45, 7) is 7.08. The fraction of sp³-hybridized carbons (Fsp3) is 0.368. The Labute approximate surface area is 137 Å². The van der Waals surface area contributed by atoms with Gasteiger partial charge in [0.1, 0.15) is 6.10 Å². The third kappa shape index (κ3) is 3.27. The Morgan fingerprint density at radius 1 is 1.26 bits per heavy atom. The normalized spacial score (nSPS) is 20.3. The summed E-state index contributed by atoms with van der Waals surface area (Å²) in [5.41, 5.74) is 2.38. The molecule has 0 radical (unpaired) electrons. The molecule has 0 bridgehead atoms. The van der Waals surface area contributed by atoms with Gasteiger partial charge in [-0.05, 0) is 38.0 Å². The average molecular weight is 310 g/mol. The number of ether oxygens (including phenoxy) is 1. The van der Waals surface area contributed by atoms with Gasteiger partial charge in [-0.3, -0.25) is 9.78 Å². The highest BCUT2D eigenvalue weighted by Gasteiger charge is 2.38. The molecule has 0 aliphatic carbocycles. The van der Waals surface area contributed by atoms with Crippen molar-refractivity contribution < 1.29 is 9.53 Å². The zero-order valence-corrected chi connectivity index (χ0v) is 13.8. The van der Waals surface area contributed by atoms with Crippen molar-refractivity contribution in [3.05, 3.63) is 65.5 Å². The van der Waals surface area contributed by atoms with Gasteiger partial charge in [0.05, 0.1) is 24.3 Å². The summed E-state index contributed by atoms with van der Waals surface area (Å²) in [6.07, 6.45) is 3.30. The molecule has 4 heteroatoms. The second-order valence-corrected chi connectivity index (χ2v) is 6.69. The van der Waals surface area contributed by atoms with Crippen molar-refractivity contribution in [3.8, 4) is 0 Å². The first-order valence-electron chi connectivity index (χ1n) is 7.87. The topological polar surface area (TPSA) is 42.4 Å². The van der Waals surface area contributed by atoms with Crippen LogP contribution < -0.4 is 0 Å². The number of aryl methyl sites for hydroxylation is 1. The Balaban J connectivity index is 1.87. The summed E-state index contributed by atoms with van der Waals surface area (Å²) in [5.74, 6) is 0.00966. The van der Waals surface area contributed by atoms with Gasteiger partial charge in [-0.25, -0.2) is 0 Å². The van der Waals surface area contributed by atoms with Gasteiger partial charge in [-0.1, -0.05) is 30.3 Å². The summed E-state index contributed by atoms with van der Waals surface area (Å²) in [5, 5.41) is 0. The van der Waals surface area contributed by atoms with E-state index in [0.29, 0.717) is 18.7 Å². The Morgan fingerprint density at radius 3 is 2.70 bits per heavy atom. The number of rotatable bonds is 2. The number of pyridine rings is 1. The maximum atomic E-state index is 13.0. The predicted molar refractivity (Wildman–Crippen MR) is 89.2 cm³/mol. The maximum Gasteiger partial charge on any atom is 0.256 e. The Morgan fingerprint density at radius 2 is 2.00 bits per heavy atom. The van der Waals surface area contributed by atoms with E-state index in [1.165, 1.54) is 0 Å². The zero-order chi connectivity index (χ0) is 16.4. The first-order valence-corrected chi connectivity index (χ1v) is 7.87. The van der Waals surface area contributed by atoms with E-state index in [9.17, 15) is 4.79 Å². The largest absolute Gasteiger partial charge is 0.369 e. The third-order valence-corrected chi connectivity index (χ3v) is 4.26. The van der Waals surface area contributed by atoms with Gasteiger partial charge in [0, 0.05) is 12.4 Å². The Hall–Kier alpha value is -2.20. The highest BCUT2D eigenvalue weighted by Crippen LogP contribution is 2.31. The van der Waals surface area contributed by atoms with E-state index < -0.39 is 0 Å². The van der Waals surface area contributed by atoms with E-state index in [1.807, 2.05) is 62.1 Å². The SMILES string of the molecule is Cc1cncc(C(=O)N2CC(c3ccccc3)OCC2(C)C)c1. The summed E-state index contributed by atoms with van der Waals surface area (Å²) in [4.78, 5) is 19.0. The average Bonchev–Trinajstić information content (AvgIpc) is 2.55. The molecule has 1 saturated heterocycles. The van der Waals surface area contributed by atoms with Crippen LogP contribution in [-0.4, -0.2) is 34.5 Å². The highest BCUT2D eigenvalue weighted by atomic mass is 16.5. The summed E-state index contributed by atoms with van der Waals surface area (Å²) in [7, 11) is 0. The van der Waals surface area contributed by atoms with Crippen LogP contribution in [0.25, 0.3) is 0 Å². The van der Waals surface area contributed by atoms with Crippen LogP contribution in [-0.2, 0) is 4.74 Å². The molecule has 1 aromatic heterocycles. The van der Waals surface area contributed by atoms with Crippen molar-refractivity contribution in [2.45, 2.75) is 32.4 Å². The predicted octanol–water partition coefficient (Wildman–Crippen LogP) is 3.38. The summed E-state index contributed by atoms with van der Waals surface area (Å²) < 4.78 is 6.01. The van der Waals surface area contributed by atoms with Crippen LogP contribution in [0.3, 0.4) is 0 Å². The Kier molecular flexibility index (Phi) is 4.18. The van der Waals surface area contributed by atoms with E-state index in [0.717, 1.165) is 11.1 Å². The molecule has 120 valence electrons. The highest BCUT2D eigenvalue weighted by molar-refractivity contribution is 5.94. The standard InChI is InChI=1S/C19H22N2O2/c1-14-9-16(11-20-10-14)18(22)21-12-17(23-13-19(21,2)3)15-7-5-4-6-8-15/h4-11,17H,12-13H2,1-3H3. The van der Waals surface area contributed by atoms with Crippen molar-refractivity contribution in [1.82, 2.24) is 9.88 Å². The van der Waals surface area contributed by atoms with Crippen molar-refractivity contribution in [2.75, 3.05) is 13.2 Å². The van der Waals surface area contributed by atoms with Crippen molar-refractivity contribution in [2.24, 2.45) is 0 Å². The number of morpholine rings is 1. The molecule has 1 fully saturated rings. The Bertz CT molecular complexity index is 698. The summed E-state index contributed by atoms with van der Waals surface area (Å²) in [6, 6.07) is 11.9. The first-order chi connectivity index (χ1) is 11.0. The maximum absolute atomic E-state index is 13.0. The van der Waals surface area contributed by atoms with E-state index in [1.54, 1.807) is 12.4 Å². The second kappa shape index (κ2) is 6.13. The van der Waals surface area contributed by atoms with Gasteiger partial charge in [-0.2, -0.15) is 0 Å². The molecule has 0 saturated carbocycles. The lowest BCUT2D eigenvalue weighted by molar-refractivity contribution is -0.0846. The quantitative estimate of drug-likeness (QED) is 0.854. The van der Waals surface area contributed by atoms with Gasteiger partial charge >= 0.3 is 0 Å². The van der Waals surface area contributed by atoms with Crippen LogP contribution in [0.4, 0.5) is 0 Å². The number of nitrogens with zero attached hydrogens (tertiary/aromatic N) is 2. The van der Waals surface area contributed by atoms with E-state index in [4.69, 9.17) is 4.74 Å². The molecule has 0 N–H and O–H groups in total. The van der Waals surface area contributed by atoms with E-state index >= 15 is 0 Å². The number of amides is 1. The molecule has 1 aliphatic heterocycles. The fourth-order valence-corrected chi connectivity index (χ4v) is 2.90. The van der Waals surface area contributed by atoms with Gasteiger partial charge < -0.3 is 9.64 Å². The number of hydrogen-bond acceptors (Lipinski definition) is 3. The number of carbonyl (C=O) groups excluding carboxylic acids is 1. The van der Waals surface area contributed by atoms with Crippen LogP contribution in [0, 0.1) is 6.92 Å². The van der Waals surface area contributed by atoms with Crippen molar-refractivity contribution in [1.29, 1.82) is 0 Å². The first kappa shape index (κ1) is 15.7. The molecule has 1 aromatic carbocycles. The third-order valence-electron chi connectivity index (χ3n) is 4.26. The van der Waals surface area contributed by atoms with Crippen LogP contribution in [0.2, 0.25) is 0 Å². The minimum absolute atomic E-state index is 0.00966. The second-order valence-electron chi connectivity index (χ2n) is 6.69. The number of benzene rings is 1. The van der Waals surface area contributed by atoms with E-state index in [-0.39, 0.29) is 17.6 Å². The molecule has 1 amide bonds. The zero-order valence-electron chi connectivity index (χ0n) is 13.8. The molecule has 1 aliphatic rings. The molecular weight excluding hydrogens is 288 g/mol. The molecule has 2 aromatic rings. The lowest BCUT2D eigenvalue weighted by atomic mass is 9.97. The van der Waals surface area contributed by atoms with Gasteiger partial charge in [0.25, 0.3) is 5.91 Å². The molecule has 4 nitrogen and oxygen atoms in total. The van der Waals surface area contributed by atoms with Crippen LogP contribution in [0.15, 0.2) is 48.8 Å². The number of aromatic nitrogens is 1. The lowest BCUT2D eigenvalue weighted by Crippen LogP contribution is -2.56. The van der Waals surface area contributed by atoms with Gasteiger partial charge in [0.2, 0.25) is 0 Å². The van der Waals surface area contributed by atoms with Gasteiger partial charge in [-0.15, -0.1) is 0 Å². The lowest BCUT2D eigenvalue weighted by Gasteiger charge is -2.45. The fourth-order valence-electron chi connectivity index (χ4n) is 2.90. The molecule has 23 heavy (non-hydrogen) atoms. The van der Waals surface area contributed by atoms with Crippen LogP contribution in [0.1, 0.15) is 41.4 Å². The van der Waals surface area contributed by atoms with Gasteiger partial charge in [0.15, 0.2) is 0 Å². The van der Waals surface area contributed by atoms with Crippen LogP contribution in [0.5, 0.6) is 0 Å². The van der Waals surface area contributed by atoms with Crippen molar-refractivity contribution >= 4 is 5.91 Å². The molecule has 1 unspecified atom stereocenters. The van der Waals surface area contributed by atoms with Crippen LogP contribution >= 0.6 is 0 Å². The molecule has 0 spiro atoms. The molecule has 3 rings (SSSR count). The number of hydrogen-bond donors (Lipinski definition) is 0. The number of carbonyl (C=O) groups is 1. The summed E-state index contributed by atoms with van der Waals surface area (Å²) >= 11 is 0. The minimum Gasteiger partial charge on any atom is -0.369 e. The van der Waals surface area contributed by atoms with E-state index in [2.05, 4.69) is 4.98 Å². The van der Waals surface area contributed by atoms with Crippen molar-refractivity contribution in [3.63, 3.8) is 0 Å². The molecule has 1 atom stereocenters. The molecule has 2 heterocycles.